The highest BCUT2D eigenvalue weighted by Gasteiger charge is 2.26. The molecule has 0 bridgehead atoms. The van der Waals surface area contributed by atoms with E-state index in [4.69, 9.17) is 0 Å². The van der Waals surface area contributed by atoms with E-state index in [1.807, 2.05) is 12.1 Å². The van der Waals surface area contributed by atoms with Crippen molar-refractivity contribution in [3.63, 3.8) is 0 Å². The summed E-state index contributed by atoms with van der Waals surface area (Å²) in [6.07, 6.45) is 2.95. The summed E-state index contributed by atoms with van der Waals surface area (Å²) >= 11 is 0. The zero-order valence-electron chi connectivity index (χ0n) is 19.5. The van der Waals surface area contributed by atoms with Crippen LogP contribution in [0.5, 0.6) is 0 Å². The number of rotatable bonds is 7. The molecule has 0 amide bonds. The first kappa shape index (κ1) is 24.4. The zero-order valence-corrected chi connectivity index (χ0v) is 21.2. The molecule has 8 nitrogen and oxygen atoms in total. The van der Waals surface area contributed by atoms with Crippen molar-refractivity contribution in [1.82, 2.24) is 14.3 Å². The first-order valence-corrected chi connectivity index (χ1v) is 14.7. The number of para-hydroxylation sites is 2. The van der Waals surface area contributed by atoms with Gasteiger partial charge < -0.3 is 0 Å². The van der Waals surface area contributed by atoms with Crippen LogP contribution in [0.1, 0.15) is 30.5 Å². The van der Waals surface area contributed by atoms with Crippen molar-refractivity contribution >= 4 is 36.9 Å². The standard InChI is InChI=1S/C26H26N4O4S2/c31-35(32,21-11-3-1-4-12-21)29-26-25(27-23-14-5-6-15-24(23)28-26)19-20-10-9-13-22(18-20)36(33,34)30-16-7-2-8-17-30/h1,3-6,9-15,18H,2,7-8,16-17,19H2,(H,28,29). The van der Waals surface area contributed by atoms with Gasteiger partial charge in [0.15, 0.2) is 5.82 Å². The van der Waals surface area contributed by atoms with Gasteiger partial charge in [0, 0.05) is 19.5 Å². The number of piperidine rings is 1. The Morgan fingerprint density at radius 2 is 1.36 bits per heavy atom. The summed E-state index contributed by atoms with van der Waals surface area (Å²) in [5, 5.41) is 0. The van der Waals surface area contributed by atoms with Gasteiger partial charge in [-0.15, -0.1) is 0 Å². The summed E-state index contributed by atoms with van der Waals surface area (Å²) in [6, 6.07) is 22.0. The van der Waals surface area contributed by atoms with E-state index in [1.54, 1.807) is 54.6 Å². The summed E-state index contributed by atoms with van der Waals surface area (Å²) in [5.74, 6) is 0.113. The maximum Gasteiger partial charge on any atom is 0.263 e. The van der Waals surface area contributed by atoms with Crippen molar-refractivity contribution in [2.24, 2.45) is 0 Å². The second-order valence-electron chi connectivity index (χ2n) is 8.72. The zero-order chi connectivity index (χ0) is 25.2. The fraction of sp³-hybridized carbons (Fsp3) is 0.231. The quantitative estimate of drug-likeness (QED) is 0.390. The van der Waals surface area contributed by atoms with Crippen LogP contribution in [-0.4, -0.2) is 44.2 Å². The number of hydrogen-bond acceptors (Lipinski definition) is 6. The third-order valence-electron chi connectivity index (χ3n) is 6.15. The Hall–Kier alpha value is -3.34. The fourth-order valence-corrected chi connectivity index (χ4v) is 6.93. The molecule has 1 fully saturated rings. The van der Waals surface area contributed by atoms with Crippen molar-refractivity contribution in [3.05, 3.63) is 90.1 Å². The van der Waals surface area contributed by atoms with Gasteiger partial charge in [-0.05, 0) is 54.8 Å². The van der Waals surface area contributed by atoms with Crippen LogP contribution < -0.4 is 4.72 Å². The molecule has 0 unspecified atom stereocenters. The van der Waals surface area contributed by atoms with Gasteiger partial charge in [-0.2, -0.15) is 4.31 Å². The van der Waals surface area contributed by atoms with Gasteiger partial charge in [-0.25, -0.2) is 26.8 Å². The number of anilines is 1. The monoisotopic (exact) mass is 522 g/mol. The van der Waals surface area contributed by atoms with E-state index >= 15 is 0 Å². The maximum absolute atomic E-state index is 13.2. The minimum Gasteiger partial charge on any atom is -0.262 e. The van der Waals surface area contributed by atoms with Crippen molar-refractivity contribution in [1.29, 1.82) is 0 Å². The smallest absolute Gasteiger partial charge is 0.262 e. The van der Waals surface area contributed by atoms with Crippen LogP contribution in [0.25, 0.3) is 11.0 Å². The summed E-state index contributed by atoms with van der Waals surface area (Å²) in [6.45, 7) is 1.04. The Kier molecular flexibility index (Phi) is 6.74. The second-order valence-corrected chi connectivity index (χ2v) is 12.3. The molecular weight excluding hydrogens is 496 g/mol. The first-order chi connectivity index (χ1) is 17.3. The van der Waals surface area contributed by atoms with Crippen LogP contribution in [0.3, 0.4) is 0 Å². The maximum atomic E-state index is 13.2. The minimum atomic E-state index is -3.90. The number of sulfonamides is 2. The molecule has 0 spiro atoms. The molecule has 0 saturated carbocycles. The third kappa shape index (κ3) is 5.11. The average molecular weight is 523 g/mol. The highest BCUT2D eigenvalue weighted by Crippen LogP contribution is 2.25. The molecule has 5 rings (SSSR count). The minimum absolute atomic E-state index is 0.112. The van der Waals surface area contributed by atoms with Crippen LogP contribution in [0.4, 0.5) is 5.82 Å². The fourth-order valence-electron chi connectivity index (χ4n) is 4.29. The van der Waals surface area contributed by atoms with Crippen LogP contribution in [-0.2, 0) is 26.5 Å². The molecule has 1 saturated heterocycles. The van der Waals surface area contributed by atoms with Gasteiger partial charge in [-0.3, -0.25) is 4.72 Å². The molecular formula is C26H26N4O4S2. The van der Waals surface area contributed by atoms with E-state index in [1.165, 1.54) is 16.4 Å². The van der Waals surface area contributed by atoms with Crippen molar-refractivity contribution in [3.8, 4) is 0 Å². The number of nitrogens with zero attached hydrogens (tertiary/aromatic N) is 3. The van der Waals surface area contributed by atoms with Gasteiger partial charge in [0.05, 0.1) is 26.5 Å². The predicted octanol–water partition coefficient (Wildman–Crippen LogP) is 4.20. The molecule has 186 valence electrons. The number of fused-ring (bicyclic) bond motifs is 1. The molecule has 1 aliphatic rings. The highest BCUT2D eigenvalue weighted by molar-refractivity contribution is 7.92. The predicted molar refractivity (Wildman–Crippen MR) is 139 cm³/mol. The van der Waals surface area contributed by atoms with Crippen LogP contribution in [0.15, 0.2) is 88.7 Å². The molecule has 1 N–H and O–H groups in total. The normalized spacial score (nSPS) is 15.1. The number of hydrogen-bond donors (Lipinski definition) is 1. The van der Waals surface area contributed by atoms with E-state index in [0.29, 0.717) is 35.4 Å². The van der Waals surface area contributed by atoms with Gasteiger partial charge in [-0.1, -0.05) is 48.9 Å². The molecule has 0 atom stereocenters. The molecule has 1 aliphatic heterocycles. The average Bonchev–Trinajstić information content (AvgIpc) is 2.90. The Morgan fingerprint density at radius 3 is 2.08 bits per heavy atom. The third-order valence-corrected chi connectivity index (χ3v) is 9.40. The highest BCUT2D eigenvalue weighted by atomic mass is 32.2. The van der Waals surface area contributed by atoms with Gasteiger partial charge in [0.25, 0.3) is 10.0 Å². The Balaban J connectivity index is 1.51. The first-order valence-electron chi connectivity index (χ1n) is 11.8. The lowest BCUT2D eigenvalue weighted by Crippen LogP contribution is -2.35. The van der Waals surface area contributed by atoms with E-state index in [-0.39, 0.29) is 22.0 Å². The number of benzene rings is 3. The molecule has 36 heavy (non-hydrogen) atoms. The SMILES string of the molecule is O=S(=O)(Nc1nc2ccccc2nc1Cc1cccc(S(=O)(=O)N2CCCCC2)c1)c1ccccc1. The van der Waals surface area contributed by atoms with Crippen molar-refractivity contribution < 1.29 is 16.8 Å². The molecule has 0 radical (unpaired) electrons. The molecule has 4 aromatic rings. The molecule has 2 heterocycles. The van der Waals surface area contributed by atoms with Crippen LogP contribution in [0, 0.1) is 0 Å². The van der Waals surface area contributed by atoms with E-state index in [2.05, 4.69) is 14.7 Å². The van der Waals surface area contributed by atoms with Crippen LogP contribution in [0.2, 0.25) is 0 Å². The Morgan fingerprint density at radius 1 is 0.722 bits per heavy atom. The molecule has 1 aromatic heterocycles. The molecule has 10 heteroatoms. The summed E-state index contributed by atoms with van der Waals surface area (Å²) in [4.78, 5) is 9.56. The lowest BCUT2D eigenvalue weighted by Gasteiger charge is -2.26. The van der Waals surface area contributed by atoms with Gasteiger partial charge >= 0.3 is 0 Å². The van der Waals surface area contributed by atoms with E-state index in [9.17, 15) is 16.8 Å². The molecule has 0 aliphatic carbocycles. The topological polar surface area (TPSA) is 109 Å². The second kappa shape index (κ2) is 9.96. The van der Waals surface area contributed by atoms with E-state index < -0.39 is 20.0 Å². The van der Waals surface area contributed by atoms with Crippen molar-refractivity contribution in [2.75, 3.05) is 17.8 Å². The van der Waals surface area contributed by atoms with Gasteiger partial charge in [0.2, 0.25) is 10.0 Å². The number of aromatic nitrogens is 2. The van der Waals surface area contributed by atoms with Gasteiger partial charge in [0.1, 0.15) is 0 Å². The largest absolute Gasteiger partial charge is 0.263 e. The summed E-state index contributed by atoms with van der Waals surface area (Å²) in [7, 11) is -7.50. The summed E-state index contributed by atoms with van der Waals surface area (Å²) in [5.41, 5.74) is 2.26. The lowest BCUT2D eigenvalue weighted by atomic mass is 10.1. The van der Waals surface area contributed by atoms with Crippen molar-refractivity contribution in [2.45, 2.75) is 35.5 Å². The summed E-state index contributed by atoms with van der Waals surface area (Å²) < 4.78 is 56.6. The Labute approximate surface area is 211 Å². The van der Waals surface area contributed by atoms with E-state index in [0.717, 1.165) is 19.3 Å². The number of nitrogens with one attached hydrogen (secondary N) is 1. The lowest BCUT2D eigenvalue weighted by molar-refractivity contribution is 0.346. The Bertz CT molecular complexity index is 1600. The molecule has 3 aromatic carbocycles. The van der Waals surface area contributed by atoms with Crippen LogP contribution >= 0.6 is 0 Å².